The predicted octanol–water partition coefficient (Wildman–Crippen LogP) is 7.06. The molecule has 0 amide bonds. The molecule has 1 fully saturated rings. The van der Waals surface area contributed by atoms with Crippen molar-refractivity contribution in [3.05, 3.63) is 106 Å². The number of aliphatic hydroxyl groups is 2. The molecule has 4 aromatic carbocycles. The summed E-state index contributed by atoms with van der Waals surface area (Å²) >= 11 is 5.65. The van der Waals surface area contributed by atoms with E-state index in [0.717, 1.165) is 52.8 Å². The van der Waals surface area contributed by atoms with Gasteiger partial charge in [0.05, 0.1) is 29.6 Å². The Morgan fingerprint density at radius 1 is 0.815 bits per heavy atom. The van der Waals surface area contributed by atoms with Gasteiger partial charge in [0.15, 0.2) is 0 Å². The summed E-state index contributed by atoms with van der Waals surface area (Å²) in [6.45, 7) is -0.556. The maximum atomic E-state index is 14.3. The molecule has 21 heteroatoms. The number of nitrogens with zero attached hydrogens (tertiary/aromatic N) is 1. The second-order valence-electron chi connectivity index (χ2n) is 11.6. The lowest BCUT2D eigenvalue weighted by molar-refractivity contribution is -0.0976. The summed E-state index contributed by atoms with van der Waals surface area (Å²) in [5.74, 6) is -6.84. The van der Waals surface area contributed by atoms with Gasteiger partial charge in [0.25, 0.3) is 15.8 Å². The van der Waals surface area contributed by atoms with Gasteiger partial charge in [-0.2, -0.15) is 17.5 Å². The van der Waals surface area contributed by atoms with E-state index < -0.39 is 88.8 Å². The molecule has 0 aromatic heterocycles. The second-order valence-corrected chi connectivity index (χ2v) is 15.9. The van der Waals surface area contributed by atoms with E-state index in [1.165, 1.54) is 6.07 Å². The first-order valence-corrected chi connectivity index (χ1v) is 18.6. The van der Waals surface area contributed by atoms with Crippen molar-refractivity contribution in [1.29, 1.82) is 0 Å². The molecule has 2 aliphatic rings. The van der Waals surface area contributed by atoms with E-state index in [2.05, 4.69) is 0 Å². The number of aliphatic hydroxyl groups excluding tert-OH is 2. The first kappa shape index (κ1) is 41.1. The summed E-state index contributed by atoms with van der Waals surface area (Å²) in [5.41, 5.74) is -6.71. The van der Waals surface area contributed by atoms with Crippen LogP contribution in [-0.4, -0.2) is 69.1 Å². The summed E-state index contributed by atoms with van der Waals surface area (Å²) in [6, 6.07) is 10.3. The number of rotatable bonds is 8. The molecule has 1 saturated heterocycles. The van der Waals surface area contributed by atoms with Crippen molar-refractivity contribution in [3.63, 3.8) is 0 Å². The fourth-order valence-corrected chi connectivity index (χ4v) is 8.30. The Kier molecular flexibility index (Phi) is 11.9. The van der Waals surface area contributed by atoms with Gasteiger partial charge in [-0.3, -0.25) is 0 Å². The molecule has 10 nitrogen and oxygen atoms in total. The van der Waals surface area contributed by atoms with Crippen LogP contribution in [0.25, 0.3) is 0 Å². The van der Waals surface area contributed by atoms with E-state index in [9.17, 15) is 57.1 Å². The minimum Gasteiger partial charge on any atom is -0.457 e. The molecule has 0 bridgehead atoms. The quantitative estimate of drug-likeness (QED) is 0.179. The van der Waals surface area contributed by atoms with E-state index in [-0.39, 0.29) is 59.9 Å². The molecule has 2 N–H and O–H groups in total. The molecular weight excluding hydrogens is 806 g/mol. The van der Waals surface area contributed by atoms with Gasteiger partial charge in [0.1, 0.15) is 46.6 Å². The number of fused-ring (bicyclic) bond motifs is 1. The van der Waals surface area contributed by atoms with Crippen LogP contribution in [0.5, 0.6) is 23.0 Å². The number of benzene rings is 4. The lowest BCUT2D eigenvalue weighted by Crippen LogP contribution is -2.41. The van der Waals surface area contributed by atoms with Crippen LogP contribution in [0.4, 0.5) is 35.1 Å². The molecular formula is C33H26ClF8NO9S2. The van der Waals surface area contributed by atoms with Crippen LogP contribution in [0.2, 0.25) is 5.02 Å². The normalized spacial score (nSPS) is 17.4. The number of alkyl halides is 5. The molecule has 0 radical (unpaired) electrons. The number of ether oxygens (including phenoxy) is 3. The number of hydrogen-bond donors (Lipinski definition) is 2. The number of halogens is 9. The summed E-state index contributed by atoms with van der Waals surface area (Å²) < 4.78 is 172. The van der Waals surface area contributed by atoms with Crippen molar-refractivity contribution >= 4 is 31.5 Å². The van der Waals surface area contributed by atoms with Crippen LogP contribution in [0.15, 0.2) is 76.5 Å². The summed E-state index contributed by atoms with van der Waals surface area (Å²) in [5, 5.41) is 19.4. The molecule has 6 rings (SSSR count). The van der Waals surface area contributed by atoms with E-state index >= 15 is 0 Å². The molecule has 292 valence electrons. The summed E-state index contributed by atoms with van der Waals surface area (Å²) in [7, 11) is -9.81. The molecule has 0 spiro atoms. The smallest absolute Gasteiger partial charge is 0.457 e. The zero-order valence-corrected chi connectivity index (χ0v) is 29.5. The van der Waals surface area contributed by atoms with Crippen LogP contribution in [0, 0.1) is 17.5 Å². The molecule has 1 aliphatic heterocycles. The third-order valence-corrected chi connectivity index (χ3v) is 11.6. The fourth-order valence-electron chi connectivity index (χ4n) is 5.46. The number of sulfone groups is 1. The highest BCUT2D eigenvalue weighted by molar-refractivity contribution is 7.92. The lowest BCUT2D eigenvalue weighted by Gasteiger charge is -2.27. The molecule has 54 heavy (non-hydrogen) atoms. The Bertz CT molecular complexity index is 2230. The van der Waals surface area contributed by atoms with Crippen molar-refractivity contribution < 1.29 is 76.4 Å². The minimum absolute atomic E-state index is 0.0312. The van der Waals surface area contributed by atoms with E-state index in [4.69, 9.17) is 30.9 Å². The van der Waals surface area contributed by atoms with Gasteiger partial charge in [-0.25, -0.2) is 38.8 Å². The van der Waals surface area contributed by atoms with Crippen molar-refractivity contribution in [2.45, 2.75) is 40.4 Å². The minimum atomic E-state index is -5.62. The Morgan fingerprint density at radius 2 is 1.39 bits per heavy atom. The van der Waals surface area contributed by atoms with Gasteiger partial charge < -0.3 is 24.4 Å². The number of hydrogen-bond acceptors (Lipinski definition) is 9. The largest absolute Gasteiger partial charge is 0.501 e. The third-order valence-electron chi connectivity index (χ3n) is 7.88. The Morgan fingerprint density at radius 3 is 1.96 bits per heavy atom. The standard InChI is InChI=1S/C19H17F4NO5S.C14H9ClF4O4S/c20-11-7-12(21)9-13(8-11)29-15-1-2-16(17-14(15)10-19(22,23)18(17)25)30(26,27)24-3-5-28-6-4-24;15-9-4-10(16)6-12(5-9)23-11-1-2-13(8(3-11)7-20)24(21,22)14(17,18)19/h1-2,7-9,18,25H,3-6,10H2;1-6,20H,7H2. The van der Waals surface area contributed by atoms with Crippen molar-refractivity contribution in [3.8, 4) is 23.0 Å². The zero-order chi connectivity index (χ0) is 39.8. The fraction of sp³-hybridized carbons (Fsp3) is 0.273. The van der Waals surface area contributed by atoms with Crippen molar-refractivity contribution in [2.75, 3.05) is 26.3 Å². The number of morpholine rings is 1. The zero-order valence-electron chi connectivity index (χ0n) is 27.1. The van der Waals surface area contributed by atoms with Crippen molar-refractivity contribution in [2.24, 2.45) is 0 Å². The van der Waals surface area contributed by atoms with Crippen LogP contribution in [0.1, 0.15) is 22.8 Å². The monoisotopic (exact) mass is 831 g/mol. The van der Waals surface area contributed by atoms with E-state index in [1.807, 2.05) is 0 Å². The third kappa shape index (κ3) is 8.74. The molecule has 4 aromatic rings. The highest BCUT2D eigenvalue weighted by Crippen LogP contribution is 2.50. The average Bonchev–Trinajstić information content (AvgIpc) is 3.32. The Labute approximate surface area is 307 Å². The van der Waals surface area contributed by atoms with Gasteiger partial charge in [-0.05, 0) is 42.5 Å². The summed E-state index contributed by atoms with van der Waals surface area (Å²) in [6.07, 6.45) is -3.35. The first-order chi connectivity index (χ1) is 25.1. The predicted molar refractivity (Wildman–Crippen MR) is 173 cm³/mol. The van der Waals surface area contributed by atoms with Gasteiger partial charge in [-0.1, -0.05) is 11.6 Å². The maximum absolute atomic E-state index is 14.3. The number of sulfonamides is 1. The average molecular weight is 832 g/mol. The molecule has 1 atom stereocenters. The van der Waals surface area contributed by atoms with E-state index in [0.29, 0.717) is 12.1 Å². The van der Waals surface area contributed by atoms with Gasteiger partial charge in [0, 0.05) is 65.5 Å². The van der Waals surface area contributed by atoms with Crippen LogP contribution in [0.3, 0.4) is 0 Å². The van der Waals surface area contributed by atoms with Gasteiger partial charge >= 0.3 is 5.51 Å². The van der Waals surface area contributed by atoms with Crippen LogP contribution in [-0.2, 0) is 37.6 Å². The highest BCUT2D eigenvalue weighted by atomic mass is 35.5. The van der Waals surface area contributed by atoms with Crippen LogP contribution >= 0.6 is 11.6 Å². The Balaban J connectivity index is 0.000000213. The second kappa shape index (κ2) is 15.6. The molecule has 1 unspecified atom stereocenters. The SMILES string of the molecule is O=S(=O)(c1ccc(Oc2cc(F)cc(Cl)c2)cc1CO)C(F)(F)F.O=S(=O)(c1ccc(Oc2cc(F)cc(F)c2)c2c1C(O)C(F)(F)C2)N1CCOCC1. The molecule has 0 saturated carbocycles. The first-order valence-electron chi connectivity index (χ1n) is 15.3. The molecule has 1 heterocycles. The molecule has 1 aliphatic carbocycles. The highest BCUT2D eigenvalue weighted by Gasteiger charge is 2.51. The van der Waals surface area contributed by atoms with Crippen LogP contribution < -0.4 is 9.47 Å². The summed E-state index contributed by atoms with van der Waals surface area (Å²) in [4.78, 5) is -1.54. The van der Waals surface area contributed by atoms with Gasteiger partial charge in [0.2, 0.25) is 10.0 Å². The maximum Gasteiger partial charge on any atom is 0.501 e. The van der Waals surface area contributed by atoms with Gasteiger partial charge in [-0.15, -0.1) is 0 Å². The topological polar surface area (TPSA) is 140 Å². The van der Waals surface area contributed by atoms with Crippen molar-refractivity contribution in [1.82, 2.24) is 4.31 Å². The lowest BCUT2D eigenvalue weighted by atomic mass is 10.1. The van der Waals surface area contributed by atoms with E-state index in [1.54, 1.807) is 0 Å². The Hall–Kier alpha value is -4.05.